The van der Waals surface area contributed by atoms with Crippen molar-refractivity contribution in [3.63, 3.8) is 0 Å². The molecule has 26 heavy (non-hydrogen) atoms. The van der Waals surface area contributed by atoms with Crippen molar-refractivity contribution in [3.05, 3.63) is 39.1 Å². The van der Waals surface area contributed by atoms with Gasteiger partial charge in [0.2, 0.25) is 0 Å². The Labute approximate surface area is 155 Å². The lowest BCUT2D eigenvalue weighted by Crippen LogP contribution is -2.45. The minimum Gasteiger partial charge on any atom is -0.493 e. The SMILES string of the molecule is CCOC(=O)C1=C(C)NC(=S)NC1c1cc(OC)c(OC)cc1[N+](=O)[O-]. The van der Waals surface area contributed by atoms with E-state index >= 15 is 0 Å². The molecule has 10 heteroatoms. The van der Waals surface area contributed by atoms with Crippen LogP contribution in [0, 0.1) is 10.1 Å². The summed E-state index contributed by atoms with van der Waals surface area (Å²) < 4.78 is 15.5. The van der Waals surface area contributed by atoms with Crippen molar-refractivity contribution in [2.75, 3.05) is 20.8 Å². The van der Waals surface area contributed by atoms with Crippen LogP contribution in [0.4, 0.5) is 5.69 Å². The van der Waals surface area contributed by atoms with Crippen molar-refractivity contribution in [1.82, 2.24) is 10.6 Å². The van der Waals surface area contributed by atoms with E-state index in [0.29, 0.717) is 11.4 Å². The van der Waals surface area contributed by atoms with Gasteiger partial charge in [-0.05, 0) is 32.1 Å². The van der Waals surface area contributed by atoms with Crippen LogP contribution < -0.4 is 20.1 Å². The van der Waals surface area contributed by atoms with Crippen molar-refractivity contribution in [1.29, 1.82) is 0 Å². The first-order valence-electron chi connectivity index (χ1n) is 7.69. The van der Waals surface area contributed by atoms with Gasteiger partial charge in [0, 0.05) is 5.70 Å². The summed E-state index contributed by atoms with van der Waals surface area (Å²) >= 11 is 5.15. The fourth-order valence-corrected chi connectivity index (χ4v) is 2.95. The van der Waals surface area contributed by atoms with Gasteiger partial charge in [-0.3, -0.25) is 10.1 Å². The van der Waals surface area contributed by atoms with Crippen LogP contribution in [0.1, 0.15) is 25.5 Å². The molecule has 1 aliphatic rings. The molecular weight excluding hydrogens is 362 g/mol. The molecule has 2 N–H and O–H groups in total. The maximum Gasteiger partial charge on any atom is 0.338 e. The van der Waals surface area contributed by atoms with Gasteiger partial charge in [-0.2, -0.15) is 0 Å². The molecular formula is C16H19N3O6S. The van der Waals surface area contributed by atoms with Crippen molar-refractivity contribution in [3.8, 4) is 11.5 Å². The third kappa shape index (κ3) is 3.69. The average molecular weight is 381 g/mol. The Morgan fingerprint density at radius 1 is 1.31 bits per heavy atom. The van der Waals surface area contributed by atoms with Crippen molar-refractivity contribution >= 4 is 29.0 Å². The summed E-state index contributed by atoms with van der Waals surface area (Å²) in [6.45, 7) is 3.50. The van der Waals surface area contributed by atoms with E-state index in [1.165, 1.54) is 26.4 Å². The molecule has 0 saturated carbocycles. The zero-order valence-electron chi connectivity index (χ0n) is 14.7. The van der Waals surface area contributed by atoms with Crippen LogP contribution in [0.3, 0.4) is 0 Å². The van der Waals surface area contributed by atoms with Crippen molar-refractivity contribution in [2.24, 2.45) is 0 Å². The lowest BCUT2D eigenvalue weighted by Gasteiger charge is -2.29. The molecule has 0 aromatic heterocycles. The Morgan fingerprint density at radius 2 is 1.92 bits per heavy atom. The second-order valence-electron chi connectivity index (χ2n) is 5.31. The number of esters is 1. The highest BCUT2D eigenvalue weighted by Gasteiger charge is 2.36. The minimum atomic E-state index is -0.872. The van der Waals surface area contributed by atoms with E-state index < -0.39 is 16.9 Å². The lowest BCUT2D eigenvalue weighted by atomic mass is 9.94. The first-order valence-corrected chi connectivity index (χ1v) is 8.10. The second-order valence-corrected chi connectivity index (χ2v) is 5.72. The Kier molecular flexibility index (Phi) is 5.98. The zero-order chi connectivity index (χ0) is 19.4. The van der Waals surface area contributed by atoms with Crippen LogP contribution >= 0.6 is 12.2 Å². The number of ether oxygens (including phenoxy) is 3. The molecule has 1 unspecified atom stereocenters. The van der Waals surface area contributed by atoms with Crippen LogP contribution in [-0.2, 0) is 9.53 Å². The fourth-order valence-electron chi connectivity index (χ4n) is 2.68. The topological polar surface area (TPSA) is 112 Å². The van der Waals surface area contributed by atoms with Crippen LogP contribution in [0.15, 0.2) is 23.4 Å². The van der Waals surface area contributed by atoms with E-state index in [1.54, 1.807) is 13.8 Å². The summed E-state index contributed by atoms with van der Waals surface area (Å²) in [4.78, 5) is 23.5. The summed E-state index contributed by atoms with van der Waals surface area (Å²) in [7, 11) is 2.80. The molecule has 0 fully saturated rings. The highest BCUT2D eigenvalue weighted by atomic mass is 32.1. The van der Waals surface area contributed by atoms with Gasteiger partial charge in [0.1, 0.15) is 0 Å². The summed E-state index contributed by atoms with van der Waals surface area (Å²) in [6.07, 6.45) is 0. The van der Waals surface area contributed by atoms with Crippen LogP contribution in [0.2, 0.25) is 0 Å². The van der Waals surface area contributed by atoms with Gasteiger partial charge in [-0.15, -0.1) is 0 Å². The second kappa shape index (κ2) is 8.00. The molecule has 0 amide bonds. The standard InChI is InChI=1S/C16H19N3O6S/c1-5-25-15(20)13-8(2)17-16(26)18-14(13)9-6-11(23-3)12(24-4)7-10(9)19(21)22/h6-7,14H,5H2,1-4H3,(H2,17,18,26). The predicted octanol–water partition coefficient (Wildman–Crippen LogP) is 1.97. The molecule has 0 spiro atoms. The summed E-state index contributed by atoms with van der Waals surface area (Å²) in [6, 6.07) is 1.83. The number of benzene rings is 1. The van der Waals surface area contributed by atoms with Gasteiger partial charge in [0.05, 0.1) is 49.0 Å². The van der Waals surface area contributed by atoms with Crippen molar-refractivity contribution < 1.29 is 23.9 Å². The third-order valence-corrected chi connectivity index (χ3v) is 4.02. The molecule has 1 atom stereocenters. The molecule has 0 radical (unpaired) electrons. The van der Waals surface area contributed by atoms with Gasteiger partial charge in [0.25, 0.3) is 5.69 Å². The van der Waals surface area contributed by atoms with Crippen LogP contribution in [0.5, 0.6) is 11.5 Å². The first-order chi connectivity index (χ1) is 12.3. The minimum absolute atomic E-state index is 0.167. The number of allylic oxidation sites excluding steroid dienone is 1. The number of nitrogens with one attached hydrogen (secondary N) is 2. The average Bonchev–Trinajstić information content (AvgIpc) is 2.59. The number of hydrogen-bond donors (Lipinski definition) is 2. The van der Waals surface area contributed by atoms with Gasteiger partial charge in [-0.25, -0.2) is 4.79 Å². The predicted molar refractivity (Wildman–Crippen MR) is 97.1 cm³/mol. The molecule has 1 heterocycles. The lowest BCUT2D eigenvalue weighted by molar-refractivity contribution is -0.385. The molecule has 1 aromatic rings. The largest absolute Gasteiger partial charge is 0.493 e. The van der Waals surface area contributed by atoms with Crippen LogP contribution in [-0.4, -0.2) is 36.8 Å². The number of nitro groups is 1. The number of hydrogen-bond acceptors (Lipinski definition) is 7. The maximum absolute atomic E-state index is 12.4. The molecule has 9 nitrogen and oxygen atoms in total. The smallest absolute Gasteiger partial charge is 0.338 e. The van der Waals surface area contributed by atoms with Crippen LogP contribution in [0.25, 0.3) is 0 Å². The monoisotopic (exact) mass is 381 g/mol. The fraction of sp³-hybridized carbons (Fsp3) is 0.375. The summed E-state index contributed by atoms with van der Waals surface area (Å²) in [5.74, 6) is -0.0976. The number of carbonyl (C=O) groups is 1. The van der Waals surface area contributed by atoms with Crippen molar-refractivity contribution in [2.45, 2.75) is 19.9 Å². The molecule has 1 aromatic carbocycles. The first kappa shape index (κ1) is 19.4. The highest BCUT2D eigenvalue weighted by molar-refractivity contribution is 7.80. The third-order valence-electron chi connectivity index (χ3n) is 3.81. The molecule has 0 bridgehead atoms. The number of rotatable bonds is 6. The summed E-state index contributed by atoms with van der Waals surface area (Å²) in [5.41, 5.74) is 0.635. The number of thiocarbonyl (C=S) groups is 1. The normalized spacial score (nSPS) is 16.5. The number of nitrogens with zero attached hydrogens (tertiary/aromatic N) is 1. The van der Waals surface area contributed by atoms with E-state index in [1.807, 2.05) is 0 Å². The Balaban J connectivity index is 2.69. The van der Waals surface area contributed by atoms with E-state index in [4.69, 9.17) is 26.4 Å². The zero-order valence-corrected chi connectivity index (χ0v) is 15.6. The summed E-state index contributed by atoms with van der Waals surface area (Å²) in [5, 5.41) is 17.6. The Morgan fingerprint density at radius 3 is 2.46 bits per heavy atom. The van der Waals surface area contributed by atoms with Gasteiger partial charge in [-0.1, -0.05) is 0 Å². The van der Waals surface area contributed by atoms with Gasteiger partial charge in [0.15, 0.2) is 16.6 Å². The maximum atomic E-state index is 12.4. The molecule has 0 aliphatic carbocycles. The highest BCUT2D eigenvalue weighted by Crippen LogP contribution is 2.40. The van der Waals surface area contributed by atoms with E-state index in [2.05, 4.69) is 10.6 Å². The number of methoxy groups -OCH3 is 2. The molecule has 1 aliphatic heterocycles. The van der Waals surface area contributed by atoms with E-state index in [0.717, 1.165) is 0 Å². The van der Waals surface area contributed by atoms with E-state index in [9.17, 15) is 14.9 Å². The van der Waals surface area contributed by atoms with Gasteiger partial charge < -0.3 is 24.8 Å². The number of carbonyl (C=O) groups excluding carboxylic acids is 1. The van der Waals surface area contributed by atoms with Gasteiger partial charge >= 0.3 is 5.97 Å². The quantitative estimate of drug-likeness (QED) is 0.330. The Bertz CT molecular complexity index is 792. The molecule has 2 rings (SSSR count). The van der Waals surface area contributed by atoms with E-state index in [-0.39, 0.29) is 34.3 Å². The molecule has 140 valence electrons. The number of nitro benzene ring substituents is 1. The Hall–Kier alpha value is -2.88. The molecule has 0 saturated heterocycles.